The van der Waals surface area contributed by atoms with E-state index in [2.05, 4.69) is 0 Å². The largest absolute Gasteiger partial charge is 0.480 e. The van der Waals surface area contributed by atoms with Gasteiger partial charge in [0.25, 0.3) is 5.91 Å². The molecular formula is C14H18ClN3O3. The molecule has 1 fully saturated rings. The summed E-state index contributed by atoms with van der Waals surface area (Å²) in [5.41, 5.74) is 6.58. The van der Waals surface area contributed by atoms with E-state index < -0.39 is 12.0 Å². The lowest BCUT2D eigenvalue weighted by Gasteiger charge is -2.36. The zero-order valence-corrected chi connectivity index (χ0v) is 12.5. The molecule has 1 aliphatic heterocycles. The third-order valence-electron chi connectivity index (χ3n) is 3.75. The topological polar surface area (TPSA) is 86.9 Å². The van der Waals surface area contributed by atoms with Gasteiger partial charge in [0.15, 0.2) is 0 Å². The zero-order valence-electron chi connectivity index (χ0n) is 11.8. The third kappa shape index (κ3) is 3.46. The molecule has 3 N–H and O–H groups in total. The van der Waals surface area contributed by atoms with Crippen molar-refractivity contribution in [1.82, 2.24) is 9.80 Å². The number of nitrogens with zero attached hydrogens (tertiary/aromatic N) is 2. The summed E-state index contributed by atoms with van der Waals surface area (Å²) in [6, 6.07) is 4.28. The standard InChI is InChI=1S/C14H18ClN3O3/c1-9(14(20)21)17-4-6-18(7-5-17)13(19)10-2-3-11(15)12(16)8-10/h2-3,8-9H,4-7,16H2,1H3,(H,20,21). The molecule has 1 heterocycles. The van der Waals surface area contributed by atoms with Crippen LogP contribution in [0.5, 0.6) is 0 Å². The summed E-state index contributed by atoms with van der Waals surface area (Å²) in [4.78, 5) is 26.9. The molecule has 0 aliphatic carbocycles. The van der Waals surface area contributed by atoms with Crippen molar-refractivity contribution in [2.24, 2.45) is 0 Å². The van der Waals surface area contributed by atoms with Crippen LogP contribution in [0.4, 0.5) is 5.69 Å². The minimum absolute atomic E-state index is 0.110. The Morgan fingerprint density at radius 3 is 2.43 bits per heavy atom. The summed E-state index contributed by atoms with van der Waals surface area (Å²) in [6.07, 6.45) is 0. The Kier molecular flexibility index (Phi) is 4.69. The van der Waals surface area contributed by atoms with Crippen LogP contribution in [0.1, 0.15) is 17.3 Å². The van der Waals surface area contributed by atoms with Crippen LogP contribution in [-0.2, 0) is 4.79 Å². The number of nitrogen functional groups attached to an aromatic ring is 1. The summed E-state index contributed by atoms with van der Waals surface area (Å²) in [7, 11) is 0. The Morgan fingerprint density at radius 2 is 1.90 bits per heavy atom. The van der Waals surface area contributed by atoms with Gasteiger partial charge >= 0.3 is 5.97 Å². The van der Waals surface area contributed by atoms with Gasteiger partial charge in [0.2, 0.25) is 0 Å². The number of benzene rings is 1. The molecule has 0 radical (unpaired) electrons. The Morgan fingerprint density at radius 1 is 1.29 bits per heavy atom. The molecule has 0 spiro atoms. The molecule has 0 aromatic heterocycles. The Labute approximate surface area is 128 Å². The van der Waals surface area contributed by atoms with E-state index in [9.17, 15) is 9.59 Å². The van der Waals surface area contributed by atoms with Crippen LogP contribution < -0.4 is 5.73 Å². The van der Waals surface area contributed by atoms with E-state index in [-0.39, 0.29) is 5.91 Å². The van der Waals surface area contributed by atoms with Crippen molar-refractivity contribution in [1.29, 1.82) is 0 Å². The van der Waals surface area contributed by atoms with Crippen LogP contribution >= 0.6 is 11.6 Å². The monoisotopic (exact) mass is 311 g/mol. The number of amides is 1. The van der Waals surface area contributed by atoms with Crippen LogP contribution in [0.15, 0.2) is 18.2 Å². The van der Waals surface area contributed by atoms with Gasteiger partial charge in [-0.1, -0.05) is 11.6 Å². The second-order valence-corrected chi connectivity index (χ2v) is 5.49. The van der Waals surface area contributed by atoms with E-state index in [0.29, 0.717) is 42.5 Å². The van der Waals surface area contributed by atoms with Crippen molar-refractivity contribution >= 4 is 29.2 Å². The number of carbonyl (C=O) groups is 2. The molecule has 7 heteroatoms. The van der Waals surface area contributed by atoms with Gasteiger partial charge in [0.05, 0.1) is 10.7 Å². The van der Waals surface area contributed by atoms with E-state index in [1.807, 2.05) is 4.90 Å². The summed E-state index contributed by atoms with van der Waals surface area (Å²) >= 11 is 5.84. The van der Waals surface area contributed by atoms with Crippen LogP contribution in [0.2, 0.25) is 5.02 Å². The number of nitrogens with two attached hydrogens (primary N) is 1. The minimum atomic E-state index is -0.847. The molecule has 1 unspecified atom stereocenters. The SMILES string of the molecule is CC(C(=O)O)N1CCN(C(=O)c2ccc(Cl)c(N)c2)CC1. The summed E-state index contributed by atoms with van der Waals surface area (Å²) in [5, 5.41) is 9.42. The molecule has 2 rings (SSSR count). The predicted octanol–water partition coefficient (Wildman–Crippen LogP) is 1.15. The lowest BCUT2D eigenvalue weighted by atomic mass is 10.1. The normalized spacial score (nSPS) is 17.5. The number of halogens is 1. The van der Waals surface area contributed by atoms with Gasteiger partial charge < -0.3 is 15.7 Å². The Balaban J connectivity index is 2.00. The fraction of sp³-hybridized carbons (Fsp3) is 0.429. The maximum absolute atomic E-state index is 12.4. The number of carboxylic acid groups (broad SMARTS) is 1. The van der Waals surface area contributed by atoms with Gasteiger partial charge in [0.1, 0.15) is 6.04 Å². The van der Waals surface area contributed by atoms with Crippen LogP contribution in [-0.4, -0.2) is 59.0 Å². The molecule has 0 saturated carbocycles. The maximum Gasteiger partial charge on any atom is 0.320 e. The van der Waals surface area contributed by atoms with Gasteiger partial charge in [-0.05, 0) is 25.1 Å². The highest BCUT2D eigenvalue weighted by Gasteiger charge is 2.27. The number of carboxylic acids is 1. The molecule has 21 heavy (non-hydrogen) atoms. The number of anilines is 1. The summed E-state index contributed by atoms with van der Waals surface area (Å²) in [6.45, 7) is 3.74. The van der Waals surface area contributed by atoms with Crippen molar-refractivity contribution in [3.8, 4) is 0 Å². The van der Waals surface area contributed by atoms with Crippen LogP contribution in [0.3, 0.4) is 0 Å². The fourth-order valence-corrected chi connectivity index (χ4v) is 2.45. The molecule has 1 aromatic rings. The quantitative estimate of drug-likeness (QED) is 0.818. The first-order valence-corrected chi connectivity index (χ1v) is 7.09. The second kappa shape index (κ2) is 6.32. The van der Waals surface area contributed by atoms with Crippen LogP contribution in [0, 0.1) is 0 Å². The highest BCUT2D eigenvalue weighted by molar-refractivity contribution is 6.33. The van der Waals surface area contributed by atoms with Gasteiger partial charge in [0, 0.05) is 31.7 Å². The average molecular weight is 312 g/mol. The minimum Gasteiger partial charge on any atom is -0.480 e. The van der Waals surface area contributed by atoms with Crippen molar-refractivity contribution in [3.05, 3.63) is 28.8 Å². The van der Waals surface area contributed by atoms with Gasteiger partial charge in [-0.2, -0.15) is 0 Å². The van der Waals surface area contributed by atoms with E-state index in [4.69, 9.17) is 22.4 Å². The third-order valence-corrected chi connectivity index (χ3v) is 4.09. The van der Waals surface area contributed by atoms with Crippen LogP contribution in [0.25, 0.3) is 0 Å². The smallest absolute Gasteiger partial charge is 0.320 e. The highest BCUT2D eigenvalue weighted by Crippen LogP contribution is 2.21. The number of carbonyl (C=O) groups excluding carboxylic acids is 1. The molecule has 1 atom stereocenters. The molecule has 1 amide bonds. The Bertz CT molecular complexity index is 556. The molecule has 1 aliphatic rings. The Hall–Kier alpha value is -1.79. The van der Waals surface area contributed by atoms with E-state index in [1.165, 1.54) is 0 Å². The second-order valence-electron chi connectivity index (χ2n) is 5.08. The number of hydrogen-bond donors (Lipinski definition) is 2. The lowest BCUT2D eigenvalue weighted by molar-refractivity contribution is -0.143. The fourth-order valence-electron chi connectivity index (χ4n) is 2.33. The summed E-state index contributed by atoms with van der Waals surface area (Å²) in [5.74, 6) is -0.957. The van der Waals surface area contributed by atoms with E-state index in [1.54, 1.807) is 30.0 Å². The van der Waals surface area contributed by atoms with Crippen molar-refractivity contribution < 1.29 is 14.7 Å². The molecule has 1 saturated heterocycles. The molecule has 1 aromatic carbocycles. The number of piperazine rings is 1. The van der Waals surface area contributed by atoms with Crippen molar-refractivity contribution in [2.75, 3.05) is 31.9 Å². The zero-order chi connectivity index (χ0) is 15.6. The average Bonchev–Trinajstić information content (AvgIpc) is 2.48. The molecular weight excluding hydrogens is 294 g/mol. The first-order valence-electron chi connectivity index (χ1n) is 6.71. The highest BCUT2D eigenvalue weighted by atomic mass is 35.5. The number of hydrogen-bond acceptors (Lipinski definition) is 4. The first-order chi connectivity index (χ1) is 9.90. The summed E-state index contributed by atoms with van der Waals surface area (Å²) < 4.78 is 0. The number of aliphatic carboxylic acids is 1. The van der Waals surface area contributed by atoms with Crippen molar-refractivity contribution in [2.45, 2.75) is 13.0 Å². The molecule has 0 bridgehead atoms. The van der Waals surface area contributed by atoms with E-state index >= 15 is 0 Å². The van der Waals surface area contributed by atoms with Gasteiger partial charge in [-0.15, -0.1) is 0 Å². The number of rotatable bonds is 3. The van der Waals surface area contributed by atoms with E-state index in [0.717, 1.165) is 0 Å². The molecule has 6 nitrogen and oxygen atoms in total. The maximum atomic E-state index is 12.4. The molecule has 114 valence electrons. The lowest BCUT2D eigenvalue weighted by Crippen LogP contribution is -2.53. The van der Waals surface area contributed by atoms with Gasteiger partial charge in [-0.3, -0.25) is 14.5 Å². The van der Waals surface area contributed by atoms with Gasteiger partial charge in [-0.25, -0.2) is 0 Å². The predicted molar refractivity (Wildman–Crippen MR) is 80.4 cm³/mol. The van der Waals surface area contributed by atoms with Crippen molar-refractivity contribution in [3.63, 3.8) is 0 Å². The first kappa shape index (κ1) is 15.6.